The van der Waals surface area contributed by atoms with Crippen molar-refractivity contribution in [1.82, 2.24) is 19.8 Å². The van der Waals surface area contributed by atoms with Crippen molar-refractivity contribution in [2.24, 2.45) is 0 Å². The van der Waals surface area contributed by atoms with Crippen molar-refractivity contribution in [3.05, 3.63) is 53.2 Å². The molecule has 3 N–H and O–H groups in total. The summed E-state index contributed by atoms with van der Waals surface area (Å²) in [6.45, 7) is 6.03. The third-order valence-corrected chi connectivity index (χ3v) is 10.2. The summed E-state index contributed by atoms with van der Waals surface area (Å²) in [5.41, 5.74) is 2.86. The van der Waals surface area contributed by atoms with Gasteiger partial charge in [0.15, 0.2) is 17.6 Å². The number of aromatic nitrogens is 4. The Morgan fingerprint density at radius 1 is 0.939 bits per heavy atom. The first-order chi connectivity index (χ1) is 23.6. The number of hydrogen-bond acceptors (Lipinski definition) is 7. The molecule has 11 nitrogen and oxygen atoms in total. The molecule has 0 saturated carbocycles. The van der Waals surface area contributed by atoms with E-state index in [9.17, 15) is 13.2 Å². The van der Waals surface area contributed by atoms with Gasteiger partial charge in [0.2, 0.25) is 10.0 Å². The summed E-state index contributed by atoms with van der Waals surface area (Å²) >= 11 is 6.37. The number of unbranched alkanes of at least 4 members (excludes halogenated alkanes) is 10. The molecule has 2 heterocycles. The van der Waals surface area contributed by atoms with Crippen LogP contribution in [0.25, 0.3) is 17.0 Å². The van der Waals surface area contributed by atoms with Crippen molar-refractivity contribution in [1.29, 1.82) is 0 Å². The van der Waals surface area contributed by atoms with Crippen LogP contribution in [0.3, 0.4) is 0 Å². The van der Waals surface area contributed by atoms with Crippen molar-refractivity contribution in [3.8, 4) is 22.9 Å². The lowest BCUT2D eigenvalue weighted by Crippen LogP contribution is -2.33. The van der Waals surface area contributed by atoms with Crippen molar-refractivity contribution in [2.75, 3.05) is 22.9 Å². The third-order valence-electron chi connectivity index (χ3n) is 8.41. The van der Waals surface area contributed by atoms with E-state index in [1.54, 1.807) is 43.5 Å². The number of aryl methyl sites for hydroxylation is 1. The van der Waals surface area contributed by atoms with Crippen LogP contribution in [-0.2, 0) is 14.8 Å². The van der Waals surface area contributed by atoms with Crippen LogP contribution in [0.1, 0.15) is 103 Å². The summed E-state index contributed by atoms with van der Waals surface area (Å²) < 4.78 is 40.7. The molecule has 0 radical (unpaired) electrons. The van der Waals surface area contributed by atoms with Crippen LogP contribution in [-0.4, -0.2) is 53.1 Å². The van der Waals surface area contributed by atoms with E-state index in [-0.39, 0.29) is 11.7 Å². The number of nitrogens with zero attached hydrogens (tertiary/aromatic N) is 3. The predicted molar refractivity (Wildman–Crippen MR) is 197 cm³/mol. The average molecular weight is 715 g/mol. The molecule has 1 atom stereocenters. The molecule has 0 spiro atoms. The maximum atomic E-state index is 13.8. The SMILES string of the molecule is CCCCCCCCCCCCC(Oc1ccc(NS(=O)(=O)CCCC)cc1)C(=O)Nc1cc(-c2nc3c(Cl)c(C)[nH]n3n2)ccc1OC. The molecule has 268 valence electrons. The summed E-state index contributed by atoms with van der Waals surface area (Å²) in [5, 5.41) is 11.1. The second kappa shape index (κ2) is 18.8. The zero-order valence-corrected chi connectivity index (χ0v) is 30.8. The number of rotatable bonds is 22. The van der Waals surface area contributed by atoms with Gasteiger partial charge in [0.05, 0.1) is 24.2 Å². The van der Waals surface area contributed by atoms with E-state index in [4.69, 9.17) is 21.1 Å². The topological polar surface area (TPSA) is 140 Å². The lowest BCUT2D eigenvalue weighted by atomic mass is 10.0. The summed E-state index contributed by atoms with van der Waals surface area (Å²) in [6, 6.07) is 12.0. The Bertz CT molecular complexity index is 1740. The Morgan fingerprint density at radius 2 is 1.59 bits per heavy atom. The van der Waals surface area contributed by atoms with E-state index in [0.29, 0.717) is 57.8 Å². The molecule has 0 saturated heterocycles. The fraction of sp³-hybridized carbons (Fsp3) is 0.528. The zero-order valence-electron chi connectivity index (χ0n) is 29.2. The monoisotopic (exact) mass is 714 g/mol. The minimum Gasteiger partial charge on any atom is -0.495 e. The van der Waals surface area contributed by atoms with Gasteiger partial charge in [-0.1, -0.05) is 89.7 Å². The van der Waals surface area contributed by atoms with Crippen molar-refractivity contribution >= 4 is 44.6 Å². The molecule has 0 aliphatic heterocycles. The summed E-state index contributed by atoms with van der Waals surface area (Å²) in [7, 11) is -1.89. The van der Waals surface area contributed by atoms with Gasteiger partial charge in [-0.15, -0.1) is 5.10 Å². The van der Waals surface area contributed by atoms with Gasteiger partial charge in [-0.3, -0.25) is 14.6 Å². The molecule has 4 aromatic rings. The first-order valence-electron chi connectivity index (χ1n) is 17.5. The maximum absolute atomic E-state index is 13.8. The molecule has 0 aliphatic carbocycles. The first-order valence-corrected chi connectivity index (χ1v) is 19.5. The largest absolute Gasteiger partial charge is 0.495 e. The highest BCUT2D eigenvalue weighted by molar-refractivity contribution is 7.92. The molecule has 2 aromatic carbocycles. The quantitative estimate of drug-likeness (QED) is 0.0691. The lowest BCUT2D eigenvalue weighted by molar-refractivity contribution is -0.123. The van der Waals surface area contributed by atoms with Gasteiger partial charge in [-0.05, 0) is 68.7 Å². The number of ether oxygens (including phenoxy) is 2. The Balaban J connectivity index is 1.45. The van der Waals surface area contributed by atoms with Gasteiger partial charge >= 0.3 is 0 Å². The van der Waals surface area contributed by atoms with Crippen LogP contribution < -0.4 is 19.5 Å². The molecular weight excluding hydrogens is 664 g/mol. The van der Waals surface area contributed by atoms with Crippen LogP contribution in [0.2, 0.25) is 5.02 Å². The fourth-order valence-electron chi connectivity index (χ4n) is 5.58. The average Bonchev–Trinajstić information content (AvgIpc) is 3.62. The molecule has 0 bridgehead atoms. The van der Waals surface area contributed by atoms with Crippen LogP contribution in [0.5, 0.6) is 11.5 Å². The molecule has 49 heavy (non-hydrogen) atoms. The Labute approximate surface area is 295 Å². The molecular formula is C36H51ClN6O5S. The number of nitrogens with one attached hydrogen (secondary N) is 3. The van der Waals surface area contributed by atoms with Gasteiger partial charge in [0, 0.05) is 11.3 Å². The lowest BCUT2D eigenvalue weighted by Gasteiger charge is -2.20. The van der Waals surface area contributed by atoms with Crippen LogP contribution in [0.4, 0.5) is 11.4 Å². The second-order valence-corrected chi connectivity index (χ2v) is 14.7. The number of sulfonamides is 1. The Morgan fingerprint density at radius 3 is 2.22 bits per heavy atom. The number of fused-ring (bicyclic) bond motifs is 1. The molecule has 0 fully saturated rings. The van der Waals surface area contributed by atoms with Crippen molar-refractivity contribution < 1.29 is 22.7 Å². The summed E-state index contributed by atoms with van der Waals surface area (Å²) in [5.74, 6) is 1.13. The zero-order chi connectivity index (χ0) is 35.2. The number of H-pyrrole nitrogens is 1. The van der Waals surface area contributed by atoms with Gasteiger partial charge in [-0.25, -0.2) is 13.4 Å². The van der Waals surface area contributed by atoms with Crippen molar-refractivity contribution in [3.63, 3.8) is 0 Å². The number of carbonyl (C=O) groups excluding carboxylic acids is 1. The number of benzene rings is 2. The fourth-order valence-corrected chi connectivity index (χ4v) is 7.01. The highest BCUT2D eigenvalue weighted by Crippen LogP contribution is 2.31. The van der Waals surface area contributed by atoms with E-state index >= 15 is 0 Å². The highest BCUT2D eigenvalue weighted by Gasteiger charge is 2.23. The number of carbonyl (C=O) groups is 1. The van der Waals surface area contributed by atoms with Crippen LogP contribution in [0, 0.1) is 6.92 Å². The molecule has 1 unspecified atom stereocenters. The number of methoxy groups -OCH3 is 1. The number of aromatic amines is 1. The number of amides is 1. The van der Waals surface area contributed by atoms with Gasteiger partial charge in [0.25, 0.3) is 5.91 Å². The number of anilines is 2. The Hall–Kier alpha value is -3.77. The standard InChI is InChI=1S/C36H51ClN6O5S/c1-5-7-9-10-11-12-13-14-15-16-17-32(48-29-21-19-28(20-22-29)42-49(45,46)24-8-6-2)36(44)38-30-25-27(18-23-31(30)47-4)34-39-35-33(37)26(3)40-43(35)41-34/h18-23,25,32,40,42H,5-17,24H2,1-4H3,(H,38,44). The van der Waals surface area contributed by atoms with Gasteiger partial charge in [0.1, 0.15) is 16.5 Å². The Kier molecular flexibility index (Phi) is 14.6. The first kappa shape index (κ1) is 38.0. The second-order valence-electron chi connectivity index (χ2n) is 12.5. The molecule has 2 aromatic heterocycles. The van der Waals surface area contributed by atoms with Gasteiger partial charge in [-0.2, -0.15) is 4.63 Å². The summed E-state index contributed by atoms with van der Waals surface area (Å²) in [6.07, 6.45) is 12.9. The number of hydrogen-bond donors (Lipinski definition) is 3. The minimum atomic E-state index is -3.43. The smallest absolute Gasteiger partial charge is 0.265 e. The number of halogens is 1. The normalized spacial score (nSPS) is 12.3. The molecule has 4 rings (SSSR count). The minimum absolute atomic E-state index is 0.0635. The van der Waals surface area contributed by atoms with E-state index in [1.165, 1.54) is 49.6 Å². The van der Waals surface area contributed by atoms with Crippen molar-refractivity contribution in [2.45, 2.75) is 110 Å². The van der Waals surface area contributed by atoms with E-state index in [2.05, 4.69) is 32.1 Å². The molecule has 1 amide bonds. The summed E-state index contributed by atoms with van der Waals surface area (Å²) in [4.78, 5) is 18.4. The molecule has 0 aliphatic rings. The predicted octanol–water partition coefficient (Wildman–Crippen LogP) is 8.93. The van der Waals surface area contributed by atoms with Crippen LogP contribution in [0.15, 0.2) is 42.5 Å². The van der Waals surface area contributed by atoms with E-state index in [0.717, 1.165) is 31.4 Å². The third kappa shape index (κ3) is 11.4. The highest BCUT2D eigenvalue weighted by atomic mass is 35.5. The van der Waals surface area contributed by atoms with Gasteiger partial charge < -0.3 is 14.8 Å². The van der Waals surface area contributed by atoms with E-state index in [1.807, 2.05) is 19.9 Å². The van der Waals surface area contributed by atoms with E-state index < -0.39 is 16.1 Å². The maximum Gasteiger partial charge on any atom is 0.265 e. The molecule has 13 heteroatoms. The van der Waals surface area contributed by atoms with Crippen LogP contribution >= 0.6 is 11.6 Å².